The predicted octanol–water partition coefficient (Wildman–Crippen LogP) is -0.0316. The van der Waals surface area contributed by atoms with Gasteiger partial charge < -0.3 is 14.8 Å². The topological polar surface area (TPSA) is 82.3 Å². The standard InChI is InChI=1S/C11H8N4O2S/c16-9-11(13-10(17)12-9)3-1-2-5-4-6-8(7(5)11)15-18-14-6/h1-4,14-15H,(H2,12,13,16,17). The molecule has 2 aliphatic heterocycles. The Morgan fingerprint density at radius 1 is 1.22 bits per heavy atom. The quantitative estimate of drug-likeness (QED) is 0.363. The van der Waals surface area contributed by atoms with E-state index in [1.54, 1.807) is 12.2 Å². The van der Waals surface area contributed by atoms with E-state index in [0.29, 0.717) is 0 Å². The molecular formula is C11H8N4O2S. The van der Waals surface area contributed by atoms with Crippen molar-refractivity contribution in [3.63, 3.8) is 0 Å². The summed E-state index contributed by atoms with van der Waals surface area (Å²) in [6.45, 7) is 0. The number of hydrogen-bond acceptors (Lipinski definition) is 5. The number of nitrogens with one attached hydrogen (secondary N) is 4. The highest BCUT2D eigenvalue weighted by molar-refractivity contribution is 7.96. The monoisotopic (exact) mass is 260 g/mol. The molecule has 0 bridgehead atoms. The van der Waals surface area contributed by atoms with Gasteiger partial charge in [-0.25, -0.2) is 4.79 Å². The van der Waals surface area contributed by atoms with Crippen molar-refractivity contribution < 1.29 is 9.59 Å². The van der Waals surface area contributed by atoms with Gasteiger partial charge in [0.25, 0.3) is 5.91 Å². The molecule has 1 unspecified atom stereocenters. The second kappa shape index (κ2) is 2.99. The van der Waals surface area contributed by atoms with Gasteiger partial charge >= 0.3 is 6.03 Å². The summed E-state index contributed by atoms with van der Waals surface area (Å²) >= 11 is 1.34. The lowest BCUT2D eigenvalue weighted by molar-refractivity contribution is -0.121. The Balaban J connectivity index is 1.95. The average molecular weight is 260 g/mol. The molecule has 2 fully saturated rings. The molecule has 1 spiro atoms. The van der Waals surface area contributed by atoms with E-state index in [9.17, 15) is 9.59 Å². The molecule has 90 valence electrons. The number of hydrogen-bond donors (Lipinski definition) is 4. The average Bonchev–Trinajstić information content (AvgIpc) is 2.93. The summed E-state index contributed by atoms with van der Waals surface area (Å²) < 4.78 is 6.22. The predicted molar refractivity (Wildman–Crippen MR) is 65.6 cm³/mol. The minimum absolute atomic E-state index is 0.342. The van der Waals surface area contributed by atoms with Crippen molar-refractivity contribution in [1.29, 1.82) is 0 Å². The number of allylic oxidation sites excluding steroid dienone is 3. The van der Waals surface area contributed by atoms with E-state index in [4.69, 9.17) is 0 Å². The molecule has 2 saturated heterocycles. The van der Waals surface area contributed by atoms with Gasteiger partial charge in [0.05, 0.1) is 23.5 Å². The molecular weight excluding hydrogens is 252 g/mol. The fourth-order valence-corrected chi connectivity index (χ4v) is 3.23. The van der Waals surface area contributed by atoms with Gasteiger partial charge in [-0.3, -0.25) is 10.1 Å². The van der Waals surface area contributed by atoms with Gasteiger partial charge in [-0.2, -0.15) is 0 Å². The molecule has 3 amide bonds. The molecule has 4 rings (SSSR count). The van der Waals surface area contributed by atoms with E-state index in [-0.39, 0.29) is 5.91 Å². The highest BCUT2D eigenvalue weighted by atomic mass is 32.2. The zero-order valence-corrected chi connectivity index (χ0v) is 9.85. The molecule has 1 atom stereocenters. The van der Waals surface area contributed by atoms with Crippen LogP contribution in [0.1, 0.15) is 0 Å². The van der Waals surface area contributed by atoms with E-state index in [1.807, 2.05) is 12.2 Å². The van der Waals surface area contributed by atoms with E-state index < -0.39 is 11.6 Å². The summed E-state index contributed by atoms with van der Waals surface area (Å²) in [5.74, 6) is -0.342. The Labute approximate surface area is 107 Å². The zero-order chi connectivity index (χ0) is 12.3. The Kier molecular flexibility index (Phi) is 1.64. The van der Waals surface area contributed by atoms with E-state index in [0.717, 1.165) is 22.5 Å². The number of carbonyl (C=O) groups excluding carboxylic acids is 2. The van der Waals surface area contributed by atoms with Crippen molar-refractivity contribution in [1.82, 2.24) is 20.1 Å². The lowest BCUT2D eigenvalue weighted by Crippen LogP contribution is -2.48. The summed E-state index contributed by atoms with van der Waals surface area (Å²) in [6, 6.07) is -0.467. The van der Waals surface area contributed by atoms with Crippen molar-refractivity contribution in [2.24, 2.45) is 0 Å². The third kappa shape index (κ3) is 0.999. The molecule has 7 heteroatoms. The molecule has 0 aromatic carbocycles. The minimum atomic E-state index is -1.09. The van der Waals surface area contributed by atoms with Crippen LogP contribution in [0.4, 0.5) is 4.79 Å². The van der Waals surface area contributed by atoms with E-state index in [2.05, 4.69) is 20.1 Å². The Morgan fingerprint density at radius 2 is 2.11 bits per heavy atom. The third-order valence-electron chi connectivity index (χ3n) is 3.33. The molecule has 18 heavy (non-hydrogen) atoms. The fourth-order valence-electron chi connectivity index (χ4n) is 2.59. The maximum absolute atomic E-state index is 12.1. The number of fused-ring (bicyclic) bond motifs is 3. The van der Waals surface area contributed by atoms with Crippen LogP contribution in [0.25, 0.3) is 0 Å². The molecule has 0 radical (unpaired) electrons. The van der Waals surface area contributed by atoms with Gasteiger partial charge in [-0.1, -0.05) is 12.2 Å². The second-order valence-electron chi connectivity index (χ2n) is 4.31. The maximum Gasteiger partial charge on any atom is 0.322 e. The number of urea groups is 1. The smallest absolute Gasteiger partial charge is 0.316 e. The first-order valence-electron chi connectivity index (χ1n) is 5.39. The van der Waals surface area contributed by atoms with Crippen molar-refractivity contribution >= 4 is 24.1 Å². The van der Waals surface area contributed by atoms with Crippen molar-refractivity contribution in [3.05, 3.63) is 46.8 Å². The molecule has 4 N–H and O–H groups in total. The molecule has 2 aliphatic carbocycles. The highest BCUT2D eigenvalue weighted by Gasteiger charge is 2.52. The van der Waals surface area contributed by atoms with Gasteiger partial charge in [0.2, 0.25) is 0 Å². The number of rotatable bonds is 0. The first-order chi connectivity index (χ1) is 8.71. The van der Waals surface area contributed by atoms with Crippen LogP contribution in [0.3, 0.4) is 0 Å². The first kappa shape index (κ1) is 9.84. The normalized spacial score (nSPS) is 31.3. The van der Waals surface area contributed by atoms with Crippen LogP contribution in [0.15, 0.2) is 46.8 Å². The largest absolute Gasteiger partial charge is 0.322 e. The summed E-state index contributed by atoms with van der Waals surface area (Å²) in [6.07, 6.45) is 7.38. The van der Waals surface area contributed by atoms with Crippen LogP contribution in [-0.4, -0.2) is 17.5 Å². The van der Waals surface area contributed by atoms with Gasteiger partial charge in [0, 0.05) is 5.57 Å². The number of imide groups is 1. The van der Waals surface area contributed by atoms with Gasteiger partial charge in [-0.05, 0) is 17.7 Å². The van der Waals surface area contributed by atoms with Crippen LogP contribution < -0.4 is 20.1 Å². The Bertz CT molecular complexity index is 631. The van der Waals surface area contributed by atoms with Gasteiger partial charge in [-0.15, -0.1) is 0 Å². The van der Waals surface area contributed by atoms with Crippen LogP contribution in [0.5, 0.6) is 0 Å². The SMILES string of the molecule is O=C1NC(=O)C2(C=CC=C3C=C4NSNC4=C32)N1. The molecule has 2 heterocycles. The number of amides is 3. The summed E-state index contributed by atoms with van der Waals surface area (Å²) in [4.78, 5) is 23.5. The fraction of sp³-hybridized carbons (Fsp3) is 0.0909. The van der Waals surface area contributed by atoms with E-state index >= 15 is 0 Å². The van der Waals surface area contributed by atoms with E-state index in [1.165, 1.54) is 12.1 Å². The van der Waals surface area contributed by atoms with Crippen molar-refractivity contribution in [2.45, 2.75) is 5.54 Å². The molecule has 0 saturated carbocycles. The molecule has 0 aromatic rings. The first-order valence-corrected chi connectivity index (χ1v) is 6.20. The third-order valence-corrected chi connectivity index (χ3v) is 3.96. The van der Waals surface area contributed by atoms with Crippen LogP contribution in [-0.2, 0) is 4.79 Å². The van der Waals surface area contributed by atoms with Gasteiger partial charge in [0.1, 0.15) is 0 Å². The highest BCUT2D eigenvalue weighted by Crippen LogP contribution is 2.42. The lowest BCUT2D eigenvalue weighted by atomic mass is 9.82. The van der Waals surface area contributed by atoms with Crippen LogP contribution in [0, 0.1) is 0 Å². The zero-order valence-electron chi connectivity index (χ0n) is 9.03. The molecule has 4 aliphatic rings. The summed E-state index contributed by atoms with van der Waals surface area (Å²) in [7, 11) is 0. The Morgan fingerprint density at radius 3 is 2.89 bits per heavy atom. The molecule has 0 aromatic heterocycles. The maximum atomic E-state index is 12.1. The van der Waals surface area contributed by atoms with Crippen molar-refractivity contribution in [2.75, 3.05) is 0 Å². The Hall–Kier alpha value is -2.15. The van der Waals surface area contributed by atoms with Crippen molar-refractivity contribution in [3.8, 4) is 0 Å². The summed E-state index contributed by atoms with van der Waals surface area (Å²) in [5, 5.41) is 5.00. The summed E-state index contributed by atoms with van der Waals surface area (Å²) in [5.41, 5.74) is 2.42. The number of carbonyl (C=O) groups is 2. The lowest BCUT2D eigenvalue weighted by Gasteiger charge is -2.28. The second-order valence-corrected chi connectivity index (χ2v) is 4.92. The minimum Gasteiger partial charge on any atom is -0.316 e. The van der Waals surface area contributed by atoms with Crippen LogP contribution in [0.2, 0.25) is 0 Å². The molecule has 6 nitrogen and oxygen atoms in total. The van der Waals surface area contributed by atoms with Crippen LogP contribution >= 0.6 is 12.1 Å². The van der Waals surface area contributed by atoms with Gasteiger partial charge in [0.15, 0.2) is 5.54 Å².